The van der Waals surface area contributed by atoms with Gasteiger partial charge >= 0.3 is 5.97 Å². The van der Waals surface area contributed by atoms with E-state index in [2.05, 4.69) is 5.10 Å². The summed E-state index contributed by atoms with van der Waals surface area (Å²) in [4.78, 5) is 25.0. The molecule has 0 bridgehead atoms. The van der Waals surface area contributed by atoms with Crippen LogP contribution in [0.1, 0.15) is 23.2 Å². The van der Waals surface area contributed by atoms with Crippen molar-refractivity contribution in [1.82, 2.24) is 14.7 Å². The van der Waals surface area contributed by atoms with Crippen molar-refractivity contribution < 1.29 is 19.8 Å². The standard InChI is InChI=1S/C16H17N3O4/c20-14(18-8-6-16(23,7-9-18)15(21)22)12-10-17-19(11-12)13-4-2-1-3-5-13/h1-5,10-11,23H,6-9H2,(H,21,22). The number of hydrogen-bond acceptors (Lipinski definition) is 4. The van der Waals surface area contributed by atoms with Crippen LogP contribution >= 0.6 is 0 Å². The summed E-state index contributed by atoms with van der Waals surface area (Å²) < 4.78 is 1.62. The molecule has 1 aromatic carbocycles. The van der Waals surface area contributed by atoms with Gasteiger partial charge in [0.25, 0.3) is 5.91 Å². The van der Waals surface area contributed by atoms with Crippen molar-refractivity contribution in [3.63, 3.8) is 0 Å². The van der Waals surface area contributed by atoms with E-state index in [-0.39, 0.29) is 31.8 Å². The van der Waals surface area contributed by atoms with Crippen LogP contribution in [0.5, 0.6) is 0 Å². The van der Waals surface area contributed by atoms with Gasteiger partial charge in [0.2, 0.25) is 0 Å². The van der Waals surface area contributed by atoms with Crippen molar-refractivity contribution in [3.8, 4) is 5.69 Å². The average molecular weight is 315 g/mol. The first kappa shape index (κ1) is 15.2. The number of hydrogen-bond donors (Lipinski definition) is 2. The van der Waals surface area contributed by atoms with E-state index >= 15 is 0 Å². The number of carboxylic acids is 1. The summed E-state index contributed by atoms with van der Waals surface area (Å²) in [7, 11) is 0. The number of amides is 1. The Morgan fingerprint density at radius 1 is 1.13 bits per heavy atom. The molecule has 0 spiro atoms. The lowest BCUT2D eigenvalue weighted by molar-refractivity contribution is -0.162. The molecule has 0 saturated carbocycles. The Balaban J connectivity index is 1.70. The lowest BCUT2D eigenvalue weighted by Crippen LogP contribution is -2.50. The van der Waals surface area contributed by atoms with E-state index in [4.69, 9.17) is 5.11 Å². The molecule has 2 N–H and O–H groups in total. The van der Waals surface area contributed by atoms with Crippen molar-refractivity contribution in [2.24, 2.45) is 0 Å². The molecule has 1 aromatic heterocycles. The van der Waals surface area contributed by atoms with Gasteiger partial charge in [-0.05, 0) is 12.1 Å². The Labute approximate surface area is 132 Å². The quantitative estimate of drug-likeness (QED) is 0.878. The van der Waals surface area contributed by atoms with E-state index < -0.39 is 11.6 Å². The summed E-state index contributed by atoms with van der Waals surface area (Å²) >= 11 is 0. The van der Waals surface area contributed by atoms with Gasteiger partial charge in [0.15, 0.2) is 5.60 Å². The van der Waals surface area contributed by atoms with Crippen LogP contribution < -0.4 is 0 Å². The van der Waals surface area contributed by atoms with Crippen LogP contribution in [0.2, 0.25) is 0 Å². The maximum atomic E-state index is 12.5. The first-order chi connectivity index (χ1) is 11.0. The van der Waals surface area contributed by atoms with Crippen LogP contribution in [0.25, 0.3) is 5.69 Å². The number of piperidine rings is 1. The topological polar surface area (TPSA) is 95.7 Å². The SMILES string of the molecule is O=C(c1cnn(-c2ccccc2)c1)N1CCC(O)(C(=O)O)CC1. The Hall–Kier alpha value is -2.67. The Morgan fingerprint density at radius 3 is 2.39 bits per heavy atom. The van der Waals surface area contributed by atoms with Crippen molar-refractivity contribution in [2.45, 2.75) is 18.4 Å². The molecule has 120 valence electrons. The number of carbonyl (C=O) groups excluding carboxylic acids is 1. The number of rotatable bonds is 3. The molecule has 0 unspecified atom stereocenters. The minimum Gasteiger partial charge on any atom is -0.479 e. The first-order valence-corrected chi connectivity index (χ1v) is 7.35. The zero-order valence-electron chi connectivity index (χ0n) is 12.4. The second-order valence-electron chi connectivity index (χ2n) is 5.64. The van der Waals surface area contributed by atoms with Gasteiger partial charge < -0.3 is 15.1 Å². The van der Waals surface area contributed by atoms with E-state index in [9.17, 15) is 14.7 Å². The van der Waals surface area contributed by atoms with E-state index in [1.165, 1.54) is 6.20 Å². The van der Waals surface area contributed by atoms with Gasteiger partial charge in [0.1, 0.15) is 0 Å². The van der Waals surface area contributed by atoms with Crippen molar-refractivity contribution >= 4 is 11.9 Å². The molecule has 0 radical (unpaired) electrons. The Bertz CT molecular complexity index is 718. The number of carbonyl (C=O) groups is 2. The molecular formula is C16H17N3O4. The summed E-state index contributed by atoms with van der Waals surface area (Å²) in [6.45, 7) is 0.413. The summed E-state index contributed by atoms with van der Waals surface area (Å²) in [6, 6.07) is 9.44. The van der Waals surface area contributed by atoms with Gasteiger partial charge in [0, 0.05) is 32.1 Å². The number of likely N-dealkylation sites (tertiary alicyclic amines) is 1. The lowest BCUT2D eigenvalue weighted by atomic mass is 9.91. The van der Waals surface area contributed by atoms with E-state index in [0.29, 0.717) is 5.56 Å². The number of aliphatic carboxylic acids is 1. The molecular weight excluding hydrogens is 298 g/mol. The number of aromatic nitrogens is 2. The van der Waals surface area contributed by atoms with Crippen LogP contribution in [-0.4, -0.2) is 55.5 Å². The summed E-state index contributed by atoms with van der Waals surface area (Å²) in [5.41, 5.74) is -0.439. The highest BCUT2D eigenvalue weighted by Crippen LogP contribution is 2.23. The zero-order valence-corrected chi connectivity index (χ0v) is 12.4. The molecule has 7 nitrogen and oxygen atoms in total. The smallest absolute Gasteiger partial charge is 0.335 e. The largest absolute Gasteiger partial charge is 0.479 e. The number of carboxylic acid groups (broad SMARTS) is 1. The maximum absolute atomic E-state index is 12.5. The zero-order chi connectivity index (χ0) is 16.4. The predicted octanol–water partition coefficient (Wildman–Crippen LogP) is 0.924. The molecule has 3 rings (SSSR count). The minimum atomic E-state index is -1.73. The molecule has 1 aliphatic rings. The Kier molecular flexibility index (Phi) is 3.87. The molecule has 1 amide bonds. The fourth-order valence-corrected chi connectivity index (χ4v) is 2.63. The third kappa shape index (κ3) is 2.95. The lowest BCUT2D eigenvalue weighted by Gasteiger charge is -2.35. The normalized spacial score (nSPS) is 17.0. The van der Waals surface area contributed by atoms with Crippen LogP contribution in [-0.2, 0) is 4.79 Å². The van der Waals surface area contributed by atoms with Crippen molar-refractivity contribution in [1.29, 1.82) is 0 Å². The molecule has 7 heteroatoms. The first-order valence-electron chi connectivity index (χ1n) is 7.35. The van der Waals surface area contributed by atoms with Crippen LogP contribution in [0, 0.1) is 0 Å². The van der Waals surface area contributed by atoms with Crippen molar-refractivity contribution in [2.75, 3.05) is 13.1 Å². The molecule has 0 aliphatic carbocycles. The number of benzene rings is 1. The summed E-state index contributed by atoms with van der Waals surface area (Å²) in [5.74, 6) is -1.44. The molecule has 1 fully saturated rings. The second-order valence-corrected chi connectivity index (χ2v) is 5.64. The van der Waals surface area contributed by atoms with Gasteiger partial charge in [-0.25, -0.2) is 9.48 Å². The molecule has 1 aliphatic heterocycles. The molecule has 1 saturated heterocycles. The number of aliphatic hydroxyl groups is 1. The minimum absolute atomic E-state index is 0.0287. The average Bonchev–Trinajstić information content (AvgIpc) is 3.05. The third-order valence-electron chi connectivity index (χ3n) is 4.13. The number of nitrogens with zero attached hydrogens (tertiary/aromatic N) is 3. The number of para-hydroxylation sites is 1. The van der Waals surface area contributed by atoms with Crippen LogP contribution in [0.3, 0.4) is 0 Å². The molecule has 0 atom stereocenters. The van der Waals surface area contributed by atoms with Gasteiger partial charge in [-0.15, -0.1) is 0 Å². The highest BCUT2D eigenvalue weighted by Gasteiger charge is 2.40. The predicted molar refractivity (Wildman–Crippen MR) is 81.3 cm³/mol. The summed E-state index contributed by atoms with van der Waals surface area (Å²) in [6.07, 6.45) is 3.20. The van der Waals surface area contributed by atoms with E-state index in [1.54, 1.807) is 15.8 Å². The fourth-order valence-electron chi connectivity index (χ4n) is 2.63. The summed E-state index contributed by atoms with van der Waals surface area (Å²) in [5, 5.41) is 23.1. The molecule has 2 heterocycles. The van der Waals surface area contributed by atoms with Crippen LogP contribution in [0.4, 0.5) is 0 Å². The fraction of sp³-hybridized carbons (Fsp3) is 0.312. The molecule has 2 aromatic rings. The van der Waals surface area contributed by atoms with Gasteiger partial charge in [-0.1, -0.05) is 18.2 Å². The third-order valence-corrected chi connectivity index (χ3v) is 4.13. The van der Waals surface area contributed by atoms with Crippen molar-refractivity contribution in [3.05, 3.63) is 48.3 Å². The van der Waals surface area contributed by atoms with Gasteiger partial charge in [-0.3, -0.25) is 4.79 Å². The monoisotopic (exact) mass is 315 g/mol. The van der Waals surface area contributed by atoms with E-state index in [0.717, 1.165) is 5.69 Å². The highest BCUT2D eigenvalue weighted by molar-refractivity contribution is 5.94. The maximum Gasteiger partial charge on any atom is 0.335 e. The molecule has 23 heavy (non-hydrogen) atoms. The second kappa shape index (κ2) is 5.85. The van der Waals surface area contributed by atoms with Gasteiger partial charge in [-0.2, -0.15) is 5.10 Å². The van der Waals surface area contributed by atoms with Gasteiger partial charge in [0.05, 0.1) is 17.4 Å². The van der Waals surface area contributed by atoms with E-state index in [1.807, 2.05) is 30.3 Å². The highest BCUT2D eigenvalue weighted by atomic mass is 16.4. The van der Waals surface area contributed by atoms with Crippen LogP contribution in [0.15, 0.2) is 42.7 Å². The Morgan fingerprint density at radius 2 is 1.78 bits per heavy atom.